The van der Waals surface area contributed by atoms with Gasteiger partial charge in [-0.25, -0.2) is 4.98 Å². The second-order valence-electron chi connectivity index (χ2n) is 5.92. The average molecular weight is 340 g/mol. The third-order valence-corrected chi connectivity index (χ3v) is 4.66. The fraction of sp³-hybridized carbons (Fsp3) is 0.294. The summed E-state index contributed by atoms with van der Waals surface area (Å²) in [6.07, 6.45) is 2.57. The van der Waals surface area contributed by atoms with Gasteiger partial charge in [0.2, 0.25) is 5.88 Å². The number of hydrogen-bond donors (Lipinski definition) is 0. The number of aryl methyl sites for hydroxylation is 1. The van der Waals surface area contributed by atoms with Crippen LogP contribution in [0.3, 0.4) is 0 Å². The van der Waals surface area contributed by atoms with Crippen molar-refractivity contribution in [1.29, 1.82) is 0 Å². The van der Waals surface area contributed by atoms with Crippen molar-refractivity contribution in [2.75, 3.05) is 13.1 Å². The lowest BCUT2D eigenvalue weighted by molar-refractivity contribution is 0.0771. The second kappa shape index (κ2) is 6.16. The van der Waals surface area contributed by atoms with Crippen LogP contribution >= 0.6 is 11.7 Å². The maximum atomic E-state index is 12.7. The minimum Gasteiger partial charge on any atom is -0.472 e. The van der Waals surface area contributed by atoms with E-state index in [0.717, 1.165) is 34.7 Å². The minimum atomic E-state index is -0.0196. The van der Waals surface area contributed by atoms with Crippen LogP contribution in [0, 0.1) is 6.92 Å². The number of ether oxygens (including phenoxy) is 1. The van der Waals surface area contributed by atoms with Crippen molar-refractivity contribution in [3.05, 3.63) is 47.7 Å². The standard InChI is InChI=1S/C17H16N4O2S/c1-11-2-5-16(18-9-11)23-13-6-7-21(10-13)17(22)12-3-4-14-15(8-12)20-24-19-14/h2-5,8-9,13H,6-7,10H2,1H3. The van der Waals surface area contributed by atoms with Gasteiger partial charge in [0.25, 0.3) is 5.91 Å². The summed E-state index contributed by atoms with van der Waals surface area (Å²) in [6.45, 7) is 3.24. The predicted octanol–water partition coefficient (Wildman–Crippen LogP) is 2.69. The average Bonchev–Trinajstić information content (AvgIpc) is 3.24. The molecule has 3 aromatic rings. The van der Waals surface area contributed by atoms with Crippen molar-refractivity contribution in [3.8, 4) is 5.88 Å². The fourth-order valence-electron chi connectivity index (χ4n) is 2.80. The lowest BCUT2D eigenvalue weighted by Crippen LogP contribution is -2.31. The van der Waals surface area contributed by atoms with Gasteiger partial charge in [-0.1, -0.05) is 6.07 Å². The molecule has 24 heavy (non-hydrogen) atoms. The van der Waals surface area contributed by atoms with Gasteiger partial charge in [-0.05, 0) is 30.7 Å². The lowest BCUT2D eigenvalue weighted by atomic mass is 10.2. The zero-order valence-corrected chi connectivity index (χ0v) is 14.0. The molecule has 1 fully saturated rings. The number of hydrogen-bond acceptors (Lipinski definition) is 6. The topological polar surface area (TPSA) is 68.2 Å². The number of nitrogens with zero attached hydrogens (tertiary/aromatic N) is 4. The highest BCUT2D eigenvalue weighted by molar-refractivity contribution is 7.00. The van der Waals surface area contributed by atoms with E-state index in [0.29, 0.717) is 24.5 Å². The third kappa shape index (κ3) is 2.94. The Labute approximate surface area is 143 Å². The smallest absolute Gasteiger partial charge is 0.254 e. The Morgan fingerprint density at radius 3 is 2.96 bits per heavy atom. The number of aromatic nitrogens is 3. The molecule has 0 aliphatic carbocycles. The van der Waals surface area contributed by atoms with Crippen molar-refractivity contribution in [2.24, 2.45) is 0 Å². The summed E-state index contributed by atoms with van der Waals surface area (Å²) in [6, 6.07) is 9.28. The Balaban J connectivity index is 1.43. The highest BCUT2D eigenvalue weighted by atomic mass is 32.1. The molecule has 1 aliphatic rings. The SMILES string of the molecule is Cc1ccc(OC2CCN(C(=O)c3ccc4nsnc4c3)C2)nc1. The molecule has 1 aromatic carbocycles. The maximum absolute atomic E-state index is 12.7. The number of carbonyl (C=O) groups is 1. The molecule has 0 radical (unpaired) electrons. The molecular weight excluding hydrogens is 324 g/mol. The largest absolute Gasteiger partial charge is 0.472 e. The van der Waals surface area contributed by atoms with Crippen LogP contribution in [0.5, 0.6) is 5.88 Å². The third-order valence-electron chi connectivity index (χ3n) is 4.10. The summed E-state index contributed by atoms with van der Waals surface area (Å²) in [4.78, 5) is 18.7. The molecule has 3 heterocycles. The van der Waals surface area contributed by atoms with Crippen LogP contribution in [0.2, 0.25) is 0 Å². The van der Waals surface area contributed by atoms with Gasteiger partial charge in [0, 0.05) is 30.8 Å². The van der Waals surface area contributed by atoms with Crippen LogP contribution < -0.4 is 4.74 Å². The molecule has 6 nitrogen and oxygen atoms in total. The molecule has 1 saturated heterocycles. The summed E-state index contributed by atoms with van der Waals surface area (Å²) >= 11 is 1.16. The Morgan fingerprint density at radius 1 is 1.25 bits per heavy atom. The van der Waals surface area contributed by atoms with Crippen LogP contribution in [-0.2, 0) is 0 Å². The molecule has 0 spiro atoms. The molecule has 1 aliphatic heterocycles. The number of rotatable bonds is 3. The van der Waals surface area contributed by atoms with E-state index in [9.17, 15) is 4.79 Å². The summed E-state index contributed by atoms with van der Waals surface area (Å²) in [7, 11) is 0. The number of pyridine rings is 1. The Bertz CT molecular complexity index is 878. The van der Waals surface area contributed by atoms with E-state index in [2.05, 4.69) is 13.7 Å². The first kappa shape index (κ1) is 15.0. The molecular formula is C17H16N4O2S. The van der Waals surface area contributed by atoms with Crippen LogP contribution in [-0.4, -0.2) is 43.7 Å². The molecule has 7 heteroatoms. The second-order valence-corrected chi connectivity index (χ2v) is 6.45. The predicted molar refractivity (Wildman–Crippen MR) is 91.3 cm³/mol. The molecule has 0 N–H and O–H groups in total. The van der Waals surface area contributed by atoms with E-state index in [1.54, 1.807) is 12.3 Å². The first-order valence-corrected chi connectivity index (χ1v) is 8.53. The number of carbonyl (C=O) groups excluding carboxylic acids is 1. The number of fused-ring (bicyclic) bond motifs is 1. The zero-order valence-electron chi connectivity index (χ0n) is 13.2. The van der Waals surface area contributed by atoms with E-state index >= 15 is 0 Å². The van der Waals surface area contributed by atoms with E-state index in [1.165, 1.54) is 0 Å². The molecule has 122 valence electrons. The minimum absolute atomic E-state index is 0.00728. The van der Waals surface area contributed by atoms with Gasteiger partial charge in [-0.15, -0.1) is 0 Å². The molecule has 0 saturated carbocycles. The van der Waals surface area contributed by atoms with E-state index in [-0.39, 0.29) is 12.0 Å². The van der Waals surface area contributed by atoms with E-state index < -0.39 is 0 Å². The Hall–Kier alpha value is -2.54. The van der Waals surface area contributed by atoms with Crippen molar-refractivity contribution >= 4 is 28.7 Å². The summed E-state index contributed by atoms with van der Waals surface area (Å²) in [5, 5.41) is 0. The number of benzene rings is 1. The summed E-state index contributed by atoms with van der Waals surface area (Å²) in [5.74, 6) is 0.614. The molecule has 2 aromatic heterocycles. The molecule has 0 bridgehead atoms. The van der Waals surface area contributed by atoms with Crippen molar-refractivity contribution in [2.45, 2.75) is 19.4 Å². The van der Waals surface area contributed by atoms with Gasteiger partial charge in [0.05, 0.1) is 18.3 Å². The summed E-state index contributed by atoms with van der Waals surface area (Å²) < 4.78 is 14.2. The number of likely N-dealkylation sites (tertiary alicyclic amines) is 1. The molecule has 4 rings (SSSR count). The Kier molecular flexibility index (Phi) is 3.86. The fourth-order valence-corrected chi connectivity index (χ4v) is 3.32. The normalized spacial score (nSPS) is 17.4. The first-order valence-electron chi connectivity index (χ1n) is 7.80. The van der Waals surface area contributed by atoms with Gasteiger partial charge in [-0.2, -0.15) is 8.75 Å². The van der Waals surface area contributed by atoms with Gasteiger partial charge in [0.15, 0.2) is 0 Å². The zero-order chi connectivity index (χ0) is 16.5. The van der Waals surface area contributed by atoms with Gasteiger partial charge in [-0.3, -0.25) is 4.79 Å². The van der Waals surface area contributed by atoms with Crippen molar-refractivity contribution in [1.82, 2.24) is 18.6 Å². The van der Waals surface area contributed by atoms with Crippen LogP contribution in [0.1, 0.15) is 22.3 Å². The molecule has 1 atom stereocenters. The van der Waals surface area contributed by atoms with Gasteiger partial charge in [0.1, 0.15) is 17.1 Å². The van der Waals surface area contributed by atoms with E-state index in [1.807, 2.05) is 36.1 Å². The van der Waals surface area contributed by atoms with Crippen molar-refractivity contribution < 1.29 is 9.53 Å². The molecule has 1 unspecified atom stereocenters. The first-order chi connectivity index (χ1) is 11.7. The van der Waals surface area contributed by atoms with Gasteiger partial charge < -0.3 is 9.64 Å². The molecule has 1 amide bonds. The maximum Gasteiger partial charge on any atom is 0.254 e. The summed E-state index contributed by atoms with van der Waals surface area (Å²) in [5.41, 5.74) is 3.33. The Morgan fingerprint density at radius 2 is 2.12 bits per heavy atom. The highest BCUT2D eigenvalue weighted by Gasteiger charge is 2.28. The van der Waals surface area contributed by atoms with Gasteiger partial charge >= 0.3 is 0 Å². The number of amides is 1. The highest BCUT2D eigenvalue weighted by Crippen LogP contribution is 2.20. The van der Waals surface area contributed by atoms with Crippen LogP contribution in [0.25, 0.3) is 11.0 Å². The van der Waals surface area contributed by atoms with E-state index in [4.69, 9.17) is 4.74 Å². The van der Waals surface area contributed by atoms with Crippen molar-refractivity contribution in [3.63, 3.8) is 0 Å². The quantitative estimate of drug-likeness (QED) is 0.733. The van der Waals surface area contributed by atoms with Crippen LogP contribution in [0.4, 0.5) is 0 Å². The van der Waals surface area contributed by atoms with Crippen LogP contribution in [0.15, 0.2) is 36.5 Å². The monoisotopic (exact) mass is 340 g/mol. The lowest BCUT2D eigenvalue weighted by Gasteiger charge is -2.17.